The van der Waals surface area contributed by atoms with Crippen LogP contribution in [0.5, 0.6) is 0 Å². The molecule has 2 aliphatic rings. The van der Waals surface area contributed by atoms with E-state index in [4.69, 9.17) is 4.42 Å². The second-order valence-electron chi connectivity index (χ2n) is 8.34. The first-order valence-electron chi connectivity index (χ1n) is 10.0. The van der Waals surface area contributed by atoms with Crippen LogP contribution in [-0.4, -0.2) is 42.0 Å². The Kier molecular flexibility index (Phi) is 4.89. The lowest BCUT2D eigenvalue weighted by Crippen LogP contribution is -2.45. The van der Waals surface area contributed by atoms with Gasteiger partial charge < -0.3 is 9.32 Å². The van der Waals surface area contributed by atoms with Crippen LogP contribution in [-0.2, 0) is 19.4 Å². The fraction of sp³-hybridized carbons (Fsp3) is 0.591. The van der Waals surface area contributed by atoms with E-state index in [1.165, 1.54) is 30.4 Å². The Labute approximate surface area is 155 Å². The number of hydrogen-bond acceptors (Lipinski definition) is 4. The maximum absolute atomic E-state index is 12.1. The third kappa shape index (κ3) is 3.45. The molecular weight excluding hydrogens is 324 g/mol. The van der Waals surface area contributed by atoms with E-state index in [0.717, 1.165) is 49.0 Å². The number of benzene rings is 1. The number of fused-ring (bicyclic) bond motifs is 2. The second kappa shape index (κ2) is 7.16. The summed E-state index contributed by atoms with van der Waals surface area (Å²) in [6.45, 7) is 7.69. The highest BCUT2D eigenvalue weighted by Gasteiger charge is 2.24. The zero-order chi connectivity index (χ0) is 18.3. The number of rotatable bonds is 4. The number of piperidine rings is 1. The average Bonchev–Trinajstić information content (AvgIpc) is 3.07. The smallest absolute Gasteiger partial charge is 0.336 e. The van der Waals surface area contributed by atoms with Gasteiger partial charge in [0.05, 0.1) is 0 Å². The van der Waals surface area contributed by atoms with Gasteiger partial charge in [0.1, 0.15) is 5.58 Å². The molecule has 2 heterocycles. The molecule has 1 saturated heterocycles. The number of hydrogen-bond donors (Lipinski definition) is 0. The summed E-state index contributed by atoms with van der Waals surface area (Å²) in [6, 6.07) is 7.28. The summed E-state index contributed by atoms with van der Waals surface area (Å²) in [4.78, 5) is 17.1. The van der Waals surface area contributed by atoms with Crippen molar-refractivity contribution < 1.29 is 4.42 Å². The van der Waals surface area contributed by atoms with Crippen molar-refractivity contribution in [2.45, 2.75) is 64.6 Å². The first kappa shape index (κ1) is 17.7. The molecule has 4 heteroatoms. The maximum Gasteiger partial charge on any atom is 0.336 e. The fourth-order valence-electron chi connectivity index (χ4n) is 4.67. The van der Waals surface area contributed by atoms with Crippen molar-refractivity contribution in [3.8, 4) is 0 Å². The lowest BCUT2D eigenvalue weighted by molar-refractivity contribution is 0.104. The van der Waals surface area contributed by atoms with Crippen LogP contribution in [0, 0.1) is 0 Å². The van der Waals surface area contributed by atoms with Crippen LogP contribution >= 0.6 is 0 Å². The van der Waals surface area contributed by atoms with Crippen molar-refractivity contribution in [2.24, 2.45) is 0 Å². The zero-order valence-corrected chi connectivity index (χ0v) is 16.3. The molecule has 0 saturated carbocycles. The van der Waals surface area contributed by atoms with Crippen LogP contribution in [0.2, 0.25) is 0 Å². The minimum Gasteiger partial charge on any atom is -0.423 e. The minimum absolute atomic E-state index is 0.228. The Bertz CT molecular complexity index is 847. The number of aryl methyl sites for hydroxylation is 2. The van der Waals surface area contributed by atoms with E-state index in [2.05, 4.69) is 42.8 Å². The van der Waals surface area contributed by atoms with Gasteiger partial charge in [-0.2, -0.15) is 0 Å². The molecule has 1 aromatic heterocycles. The highest BCUT2D eigenvalue weighted by molar-refractivity contribution is 5.82. The first-order chi connectivity index (χ1) is 12.5. The predicted octanol–water partition coefficient (Wildman–Crippen LogP) is 3.59. The summed E-state index contributed by atoms with van der Waals surface area (Å²) in [6.07, 6.45) is 5.85. The van der Waals surface area contributed by atoms with Gasteiger partial charge in [-0.15, -0.1) is 0 Å². The Balaban J connectivity index is 1.56. The Morgan fingerprint density at radius 3 is 2.54 bits per heavy atom. The Morgan fingerprint density at radius 1 is 1.15 bits per heavy atom. The molecule has 4 rings (SSSR count). The Morgan fingerprint density at radius 2 is 1.85 bits per heavy atom. The summed E-state index contributed by atoms with van der Waals surface area (Å²) >= 11 is 0. The van der Waals surface area contributed by atoms with E-state index < -0.39 is 0 Å². The molecule has 0 atom stereocenters. The molecule has 0 unspecified atom stereocenters. The van der Waals surface area contributed by atoms with Gasteiger partial charge in [-0.1, -0.05) is 0 Å². The molecule has 0 N–H and O–H groups in total. The summed E-state index contributed by atoms with van der Waals surface area (Å²) < 4.78 is 5.51. The van der Waals surface area contributed by atoms with Crippen molar-refractivity contribution in [3.05, 3.63) is 45.3 Å². The molecule has 1 aliphatic heterocycles. The van der Waals surface area contributed by atoms with E-state index >= 15 is 0 Å². The van der Waals surface area contributed by atoms with E-state index in [0.29, 0.717) is 12.1 Å². The summed E-state index contributed by atoms with van der Waals surface area (Å²) in [5.41, 5.74) is 4.43. The van der Waals surface area contributed by atoms with Gasteiger partial charge in [-0.3, -0.25) is 4.90 Å². The van der Waals surface area contributed by atoms with Gasteiger partial charge in [0, 0.05) is 30.1 Å². The Hall–Kier alpha value is -1.65. The van der Waals surface area contributed by atoms with Gasteiger partial charge in [0.2, 0.25) is 0 Å². The second-order valence-corrected chi connectivity index (χ2v) is 8.34. The van der Waals surface area contributed by atoms with Crippen LogP contribution in [0.15, 0.2) is 27.4 Å². The van der Waals surface area contributed by atoms with Gasteiger partial charge in [0.15, 0.2) is 0 Å². The highest BCUT2D eigenvalue weighted by Crippen LogP contribution is 2.29. The van der Waals surface area contributed by atoms with Gasteiger partial charge in [-0.05, 0) is 94.9 Å². The molecular formula is C22H30N2O2. The minimum atomic E-state index is -0.228. The van der Waals surface area contributed by atoms with Crippen LogP contribution in [0.3, 0.4) is 0 Å². The van der Waals surface area contributed by atoms with Crippen LogP contribution in [0.25, 0.3) is 11.0 Å². The van der Waals surface area contributed by atoms with Crippen LogP contribution in [0.4, 0.5) is 0 Å². The average molecular weight is 354 g/mol. The summed E-state index contributed by atoms with van der Waals surface area (Å²) in [7, 11) is 2.20. The normalized spacial score (nSPS) is 19.0. The third-order valence-electron chi connectivity index (χ3n) is 6.32. The molecule has 1 fully saturated rings. The van der Waals surface area contributed by atoms with E-state index in [9.17, 15) is 4.79 Å². The van der Waals surface area contributed by atoms with E-state index in [1.807, 2.05) is 0 Å². The lowest BCUT2D eigenvalue weighted by atomic mass is 10.00. The molecule has 26 heavy (non-hydrogen) atoms. The maximum atomic E-state index is 12.1. The molecule has 1 aliphatic carbocycles. The van der Waals surface area contributed by atoms with Gasteiger partial charge in [-0.25, -0.2) is 4.79 Å². The molecule has 2 aromatic rings. The lowest BCUT2D eigenvalue weighted by Gasteiger charge is -2.38. The zero-order valence-electron chi connectivity index (χ0n) is 16.3. The molecule has 0 bridgehead atoms. The quantitative estimate of drug-likeness (QED) is 0.787. The van der Waals surface area contributed by atoms with Crippen molar-refractivity contribution in [1.82, 2.24) is 9.80 Å². The van der Waals surface area contributed by atoms with Crippen molar-refractivity contribution >= 4 is 11.0 Å². The van der Waals surface area contributed by atoms with E-state index in [-0.39, 0.29) is 5.63 Å². The highest BCUT2D eigenvalue weighted by atomic mass is 16.4. The largest absolute Gasteiger partial charge is 0.423 e. The number of likely N-dealkylation sites (tertiary alicyclic amines) is 1. The first-order valence-corrected chi connectivity index (χ1v) is 10.0. The van der Waals surface area contributed by atoms with E-state index in [1.54, 1.807) is 6.07 Å². The van der Waals surface area contributed by atoms with Crippen molar-refractivity contribution in [2.75, 3.05) is 20.1 Å². The predicted molar refractivity (Wildman–Crippen MR) is 106 cm³/mol. The summed E-state index contributed by atoms with van der Waals surface area (Å²) in [5, 5.41) is 1.12. The van der Waals surface area contributed by atoms with Crippen LogP contribution in [0.1, 0.15) is 49.8 Å². The van der Waals surface area contributed by atoms with Crippen molar-refractivity contribution in [1.29, 1.82) is 0 Å². The molecule has 0 spiro atoms. The molecule has 4 nitrogen and oxygen atoms in total. The molecule has 140 valence electrons. The molecule has 0 amide bonds. The molecule has 1 aromatic carbocycles. The summed E-state index contributed by atoms with van der Waals surface area (Å²) in [5.74, 6) is 0. The standard InChI is InChI=1S/C22H30N2O2/c1-15(2)24-9-7-19(8-10-24)23(3)14-18-13-22(25)26-21-12-17-6-4-5-16(17)11-20(18)21/h11-13,15,19H,4-10,14H2,1-3H3. The van der Waals surface area contributed by atoms with Crippen LogP contribution < -0.4 is 5.63 Å². The third-order valence-corrected chi connectivity index (χ3v) is 6.32. The topological polar surface area (TPSA) is 36.7 Å². The molecule has 0 radical (unpaired) electrons. The fourth-order valence-corrected chi connectivity index (χ4v) is 4.67. The van der Waals surface area contributed by atoms with Crippen molar-refractivity contribution in [3.63, 3.8) is 0 Å². The van der Waals surface area contributed by atoms with Gasteiger partial charge in [0.25, 0.3) is 0 Å². The monoisotopic (exact) mass is 354 g/mol. The number of nitrogens with zero attached hydrogens (tertiary/aromatic N) is 2. The van der Waals surface area contributed by atoms with Gasteiger partial charge >= 0.3 is 5.63 Å². The SMILES string of the molecule is CC(C)N1CCC(N(C)Cc2cc(=O)oc3cc4c(cc23)CCC4)CC1.